The Hall–Kier alpha value is -2.30. The average Bonchev–Trinajstić information content (AvgIpc) is 3.28. The van der Waals surface area contributed by atoms with E-state index in [4.69, 9.17) is 4.74 Å². The molecular weight excluding hydrogens is 522 g/mol. The normalized spacial score (nSPS) is 11.0. The molecule has 0 saturated carbocycles. The van der Waals surface area contributed by atoms with E-state index in [1.54, 1.807) is 10.6 Å². The third-order valence-corrected chi connectivity index (χ3v) is 6.21. The third-order valence-electron chi connectivity index (χ3n) is 4.22. The maximum Gasteiger partial charge on any atom is 0.259 e. The lowest BCUT2D eigenvalue weighted by Crippen LogP contribution is -2.13. The van der Waals surface area contributed by atoms with Gasteiger partial charge in [0.15, 0.2) is 5.82 Å². The van der Waals surface area contributed by atoms with Crippen molar-refractivity contribution in [3.8, 4) is 16.3 Å². The zero-order valence-electron chi connectivity index (χ0n) is 15.4. The number of carbonyl (C=O) groups excluding carboxylic acids is 1. The molecule has 0 aliphatic carbocycles. The lowest BCUT2D eigenvalue weighted by atomic mass is 10.1. The van der Waals surface area contributed by atoms with Gasteiger partial charge in [-0.15, -0.1) is 10.2 Å². The Labute approximate surface area is 187 Å². The molecule has 0 unspecified atom stereocenters. The van der Waals surface area contributed by atoms with Crippen molar-refractivity contribution in [2.75, 3.05) is 12.4 Å². The minimum Gasteiger partial charge on any atom is -0.495 e. The van der Waals surface area contributed by atoms with Crippen molar-refractivity contribution >= 4 is 59.8 Å². The zero-order chi connectivity index (χ0) is 20.5. The Morgan fingerprint density at radius 2 is 1.97 bits per heavy atom. The lowest BCUT2D eigenvalue weighted by molar-refractivity contribution is 0.102. The van der Waals surface area contributed by atoms with Crippen LogP contribution in [0.5, 0.6) is 5.75 Å². The molecule has 0 spiro atoms. The molecule has 0 bridgehead atoms. The van der Waals surface area contributed by atoms with Crippen LogP contribution < -0.4 is 10.1 Å². The lowest BCUT2D eigenvalue weighted by Gasteiger charge is -2.12. The van der Waals surface area contributed by atoms with Crippen molar-refractivity contribution in [2.45, 2.75) is 13.3 Å². The number of fused-ring (bicyclic) bond motifs is 1. The first-order valence-electron chi connectivity index (χ1n) is 8.66. The van der Waals surface area contributed by atoms with Crippen molar-refractivity contribution in [3.05, 3.63) is 56.7 Å². The Morgan fingerprint density at radius 1 is 1.21 bits per heavy atom. The molecule has 1 amide bonds. The minimum absolute atomic E-state index is 0.261. The van der Waals surface area contributed by atoms with E-state index in [1.807, 2.05) is 37.3 Å². The van der Waals surface area contributed by atoms with Crippen molar-refractivity contribution in [2.24, 2.45) is 0 Å². The second-order valence-electron chi connectivity index (χ2n) is 6.07. The van der Waals surface area contributed by atoms with Crippen LogP contribution in [0.25, 0.3) is 15.5 Å². The maximum atomic E-state index is 12.7. The van der Waals surface area contributed by atoms with Gasteiger partial charge in [0.1, 0.15) is 10.8 Å². The van der Waals surface area contributed by atoms with Gasteiger partial charge in [0.05, 0.1) is 17.1 Å². The quantitative estimate of drug-likeness (QED) is 0.379. The van der Waals surface area contributed by atoms with Crippen LogP contribution in [0.2, 0.25) is 0 Å². The molecule has 2 aromatic heterocycles. The predicted molar refractivity (Wildman–Crippen MR) is 120 cm³/mol. The van der Waals surface area contributed by atoms with E-state index in [-0.39, 0.29) is 5.91 Å². The van der Waals surface area contributed by atoms with Gasteiger partial charge in [-0.3, -0.25) is 4.79 Å². The first kappa shape index (κ1) is 20.0. The van der Waals surface area contributed by atoms with Crippen LogP contribution in [0.4, 0.5) is 5.69 Å². The van der Waals surface area contributed by atoms with E-state index in [0.717, 1.165) is 32.2 Å². The molecule has 0 saturated heterocycles. The molecule has 10 heteroatoms. The number of hydrogen-bond acceptors (Lipinski definition) is 6. The van der Waals surface area contributed by atoms with Crippen molar-refractivity contribution in [1.82, 2.24) is 19.8 Å². The fourth-order valence-corrected chi connectivity index (χ4v) is 5.08. The molecule has 0 fully saturated rings. The number of methoxy groups -OCH3 is 1. The number of rotatable bonds is 5. The second-order valence-corrected chi connectivity index (χ2v) is 8.80. The number of nitrogens with one attached hydrogen (secondary N) is 1. The molecule has 0 radical (unpaired) electrons. The molecule has 0 aliphatic heterocycles. The van der Waals surface area contributed by atoms with Gasteiger partial charge < -0.3 is 10.1 Å². The summed E-state index contributed by atoms with van der Waals surface area (Å²) in [6.07, 6.45) is 0.768. The zero-order valence-corrected chi connectivity index (χ0v) is 19.4. The fourth-order valence-electron chi connectivity index (χ4n) is 2.83. The van der Waals surface area contributed by atoms with Crippen LogP contribution in [0.3, 0.4) is 0 Å². The van der Waals surface area contributed by atoms with Crippen molar-refractivity contribution in [3.63, 3.8) is 0 Å². The highest BCUT2D eigenvalue weighted by molar-refractivity contribution is 9.11. The van der Waals surface area contributed by atoms with Crippen LogP contribution in [-0.4, -0.2) is 32.8 Å². The number of nitrogens with zero attached hydrogens (tertiary/aromatic N) is 4. The van der Waals surface area contributed by atoms with E-state index in [1.165, 1.54) is 18.4 Å². The summed E-state index contributed by atoms with van der Waals surface area (Å²) in [5, 5.41) is 16.6. The van der Waals surface area contributed by atoms with Crippen LogP contribution in [0.15, 0.2) is 45.3 Å². The Balaban J connectivity index is 1.56. The summed E-state index contributed by atoms with van der Waals surface area (Å²) in [7, 11) is 1.53. The predicted octanol–water partition coefficient (Wildman–Crippen LogP) is 5.20. The van der Waals surface area contributed by atoms with Gasteiger partial charge in [0.25, 0.3) is 5.91 Å². The van der Waals surface area contributed by atoms with Crippen LogP contribution in [0.1, 0.15) is 23.1 Å². The number of aryl methyl sites for hydroxylation is 1. The van der Waals surface area contributed by atoms with Gasteiger partial charge in [-0.05, 0) is 52.3 Å². The largest absolute Gasteiger partial charge is 0.495 e. The Morgan fingerprint density at radius 3 is 2.66 bits per heavy atom. The smallest absolute Gasteiger partial charge is 0.259 e. The number of aromatic nitrogens is 4. The molecular formula is C19H15Br2N5O2S. The van der Waals surface area contributed by atoms with Gasteiger partial charge in [-0.25, -0.2) is 0 Å². The molecule has 4 rings (SSSR count). The topological polar surface area (TPSA) is 81.4 Å². The van der Waals surface area contributed by atoms with Crippen molar-refractivity contribution in [1.29, 1.82) is 0 Å². The summed E-state index contributed by atoms with van der Waals surface area (Å²) in [6, 6.07) is 11.1. The Kier molecular flexibility index (Phi) is 5.66. The number of hydrogen-bond donors (Lipinski definition) is 1. The first-order valence-corrected chi connectivity index (χ1v) is 11.1. The average molecular weight is 537 g/mol. The molecule has 148 valence electrons. The fraction of sp³-hybridized carbons (Fsp3) is 0.158. The minimum atomic E-state index is -0.261. The van der Waals surface area contributed by atoms with Crippen LogP contribution >= 0.6 is 43.2 Å². The van der Waals surface area contributed by atoms with E-state index in [9.17, 15) is 4.79 Å². The van der Waals surface area contributed by atoms with Gasteiger partial charge in [0, 0.05) is 22.1 Å². The third kappa shape index (κ3) is 3.92. The number of benzene rings is 2. The molecule has 2 heterocycles. The number of carbonyl (C=O) groups is 1. The molecule has 4 aromatic rings. The summed E-state index contributed by atoms with van der Waals surface area (Å²) in [4.78, 5) is 13.5. The molecule has 7 nitrogen and oxygen atoms in total. The summed E-state index contributed by atoms with van der Waals surface area (Å²) in [5.41, 5.74) is 2.05. The summed E-state index contributed by atoms with van der Waals surface area (Å²) >= 11 is 8.30. The van der Waals surface area contributed by atoms with Gasteiger partial charge >= 0.3 is 0 Å². The summed E-state index contributed by atoms with van der Waals surface area (Å²) in [6.45, 7) is 2.02. The summed E-state index contributed by atoms with van der Waals surface area (Å²) in [5.74, 6) is 1.05. The number of halogens is 2. The molecule has 0 aliphatic rings. The maximum absolute atomic E-state index is 12.7. The number of anilines is 1. The van der Waals surface area contributed by atoms with Gasteiger partial charge in [0.2, 0.25) is 4.96 Å². The second kappa shape index (κ2) is 8.21. The van der Waals surface area contributed by atoms with Crippen molar-refractivity contribution < 1.29 is 9.53 Å². The number of ether oxygens (including phenoxy) is 1. The number of amides is 1. The monoisotopic (exact) mass is 535 g/mol. The molecule has 0 atom stereocenters. The van der Waals surface area contributed by atoms with Gasteiger partial charge in [-0.2, -0.15) is 9.61 Å². The Bertz CT molecular complexity index is 1200. The van der Waals surface area contributed by atoms with E-state index in [0.29, 0.717) is 21.5 Å². The molecule has 29 heavy (non-hydrogen) atoms. The van der Waals surface area contributed by atoms with E-state index < -0.39 is 0 Å². The highest BCUT2D eigenvalue weighted by atomic mass is 79.9. The highest BCUT2D eigenvalue weighted by Crippen LogP contribution is 2.33. The first-order chi connectivity index (χ1) is 14.0. The molecule has 1 N–H and O–H groups in total. The SMILES string of the molecule is CCc1nnc2sc(-c3ccc(NC(=O)c4cc(Br)cc(Br)c4OC)cc3)nn12. The van der Waals surface area contributed by atoms with Crippen LogP contribution in [0, 0.1) is 0 Å². The molecule has 2 aromatic carbocycles. The van der Waals surface area contributed by atoms with E-state index in [2.05, 4.69) is 52.5 Å². The van der Waals surface area contributed by atoms with Crippen LogP contribution in [-0.2, 0) is 6.42 Å². The summed E-state index contributed by atoms with van der Waals surface area (Å²) < 4.78 is 8.61. The van der Waals surface area contributed by atoms with E-state index >= 15 is 0 Å². The van der Waals surface area contributed by atoms with Gasteiger partial charge in [-0.1, -0.05) is 34.2 Å². The standard InChI is InChI=1S/C19H15Br2N5O2S/c1-3-15-23-24-19-26(15)25-18(29-19)10-4-6-12(7-5-10)22-17(27)13-8-11(20)9-14(21)16(13)28-2/h4-9H,3H2,1-2H3,(H,22,27). The highest BCUT2D eigenvalue weighted by Gasteiger charge is 2.17.